The molecule has 3 rings (SSSR count). The second-order valence-electron chi connectivity index (χ2n) is 6.25. The highest BCUT2D eigenvalue weighted by Crippen LogP contribution is 2.32. The van der Waals surface area contributed by atoms with Crippen LogP contribution in [0.15, 0.2) is 70.0 Å². The highest BCUT2D eigenvalue weighted by molar-refractivity contribution is 6.10. The maximum Gasteiger partial charge on any atom is 0.317 e. The predicted molar refractivity (Wildman–Crippen MR) is 98.3 cm³/mol. The highest BCUT2D eigenvalue weighted by Gasteiger charge is 2.30. The monoisotopic (exact) mass is 353 g/mol. The summed E-state index contributed by atoms with van der Waals surface area (Å²) in [7, 11) is 1.66. The van der Waals surface area contributed by atoms with Crippen LogP contribution < -0.4 is 5.32 Å². The third-order valence-electron chi connectivity index (χ3n) is 4.61. The topological polar surface area (TPSA) is 61.8 Å². The number of amides is 3. The zero-order valence-electron chi connectivity index (χ0n) is 14.7. The van der Waals surface area contributed by atoms with Crippen LogP contribution in [0.25, 0.3) is 0 Å². The second kappa shape index (κ2) is 7.47. The lowest BCUT2D eigenvalue weighted by Gasteiger charge is -2.29. The fraction of sp³-hybridized carbons (Fsp3) is 0.250. The van der Waals surface area contributed by atoms with Crippen molar-refractivity contribution in [3.63, 3.8) is 0 Å². The molecule has 1 heterocycles. The number of benzene rings is 1. The zero-order valence-corrected chi connectivity index (χ0v) is 14.7. The smallest absolute Gasteiger partial charge is 0.317 e. The molecule has 1 atom stereocenters. The van der Waals surface area contributed by atoms with Crippen molar-refractivity contribution in [3.8, 4) is 0 Å². The molecule has 1 aromatic carbocycles. The van der Waals surface area contributed by atoms with Crippen molar-refractivity contribution in [3.05, 3.63) is 70.6 Å². The molecule has 1 aliphatic heterocycles. The number of nitrogens with one attached hydrogen (secondary N) is 1. The molecule has 3 amide bonds. The molecule has 0 aromatic heterocycles. The Morgan fingerprint density at radius 1 is 1.35 bits per heavy atom. The maximum absolute atomic E-state index is 14.1. The van der Waals surface area contributed by atoms with Gasteiger partial charge in [-0.05, 0) is 18.1 Å². The number of dihydropyridines is 1. The van der Waals surface area contributed by atoms with E-state index in [1.807, 2.05) is 37.3 Å². The third-order valence-corrected chi connectivity index (χ3v) is 4.61. The number of carbonyl (C=O) groups is 2. The number of urea groups is 1. The first-order valence-corrected chi connectivity index (χ1v) is 8.41. The fourth-order valence-electron chi connectivity index (χ4n) is 2.96. The average molecular weight is 353 g/mol. The van der Waals surface area contributed by atoms with E-state index in [-0.39, 0.29) is 24.1 Å². The molecule has 5 nitrogen and oxygen atoms in total. The molecule has 1 unspecified atom stereocenters. The molecule has 1 aliphatic carbocycles. The maximum atomic E-state index is 14.1. The summed E-state index contributed by atoms with van der Waals surface area (Å²) in [4.78, 5) is 29.7. The normalized spacial score (nSPS) is 17.3. The van der Waals surface area contributed by atoms with Gasteiger partial charge >= 0.3 is 6.03 Å². The molecular formula is C20H20FN3O2. The number of likely N-dealkylation sites (N-methyl/N-ethyl adjacent to an activating group) is 1. The Morgan fingerprint density at radius 3 is 2.81 bits per heavy atom. The SMILES string of the molecule is CC(C1=C2C=CCC(F)=C2C(=O)N=C1)N(C)C(=O)NCc1ccccc1. The van der Waals surface area contributed by atoms with Crippen LogP contribution in [0.5, 0.6) is 0 Å². The van der Waals surface area contributed by atoms with Gasteiger partial charge in [0.05, 0.1) is 11.6 Å². The van der Waals surface area contributed by atoms with E-state index < -0.39 is 11.7 Å². The van der Waals surface area contributed by atoms with Crippen molar-refractivity contribution in [2.75, 3.05) is 7.05 Å². The van der Waals surface area contributed by atoms with Gasteiger partial charge in [-0.15, -0.1) is 0 Å². The number of fused-ring (bicyclic) bond motifs is 1. The van der Waals surface area contributed by atoms with Gasteiger partial charge in [0, 0.05) is 31.8 Å². The van der Waals surface area contributed by atoms with Gasteiger partial charge in [-0.2, -0.15) is 0 Å². The summed E-state index contributed by atoms with van der Waals surface area (Å²) >= 11 is 0. The molecule has 0 saturated heterocycles. The highest BCUT2D eigenvalue weighted by atomic mass is 19.1. The number of rotatable bonds is 4. The van der Waals surface area contributed by atoms with Gasteiger partial charge in [-0.1, -0.05) is 42.5 Å². The van der Waals surface area contributed by atoms with Gasteiger partial charge in [0.15, 0.2) is 0 Å². The first-order valence-electron chi connectivity index (χ1n) is 8.41. The van der Waals surface area contributed by atoms with Crippen LogP contribution in [0.3, 0.4) is 0 Å². The van der Waals surface area contributed by atoms with Crippen molar-refractivity contribution in [1.29, 1.82) is 0 Å². The summed E-state index contributed by atoms with van der Waals surface area (Å²) in [5.41, 5.74) is 2.15. The molecule has 2 aliphatic rings. The van der Waals surface area contributed by atoms with Crippen molar-refractivity contribution in [2.45, 2.75) is 25.9 Å². The lowest BCUT2D eigenvalue weighted by Crippen LogP contribution is -2.43. The Bertz CT molecular complexity index is 853. The van der Waals surface area contributed by atoms with Crippen LogP contribution >= 0.6 is 0 Å². The Morgan fingerprint density at radius 2 is 2.08 bits per heavy atom. The van der Waals surface area contributed by atoms with E-state index in [1.54, 1.807) is 19.2 Å². The Kier molecular flexibility index (Phi) is 5.11. The Labute approximate surface area is 151 Å². The van der Waals surface area contributed by atoms with E-state index in [0.717, 1.165) is 5.56 Å². The fourth-order valence-corrected chi connectivity index (χ4v) is 2.96. The van der Waals surface area contributed by atoms with Crippen LogP contribution in [0.1, 0.15) is 18.9 Å². The molecule has 134 valence electrons. The summed E-state index contributed by atoms with van der Waals surface area (Å²) in [6.45, 7) is 2.24. The van der Waals surface area contributed by atoms with Crippen LogP contribution in [0.4, 0.5) is 9.18 Å². The van der Waals surface area contributed by atoms with E-state index in [0.29, 0.717) is 17.7 Å². The quantitative estimate of drug-likeness (QED) is 0.903. The first kappa shape index (κ1) is 17.8. The molecule has 1 aromatic rings. The molecule has 0 spiro atoms. The first-order chi connectivity index (χ1) is 12.5. The molecule has 0 fully saturated rings. The summed E-state index contributed by atoms with van der Waals surface area (Å²) in [5.74, 6) is -1.06. The summed E-state index contributed by atoms with van der Waals surface area (Å²) in [5, 5.41) is 2.86. The number of carbonyl (C=O) groups excluding carboxylic acids is 2. The van der Waals surface area contributed by atoms with Gasteiger partial charge in [0.25, 0.3) is 5.91 Å². The van der Waals surface area contributed by atoms with Crippen molar-refractivity contribution < 1.29 is 14.0 Å². The molecule has 0 radical (unpaired) electrons. The van der Waals surface area contributed by atoms with Gasteiger partial charge in [0.2, 0.25) is 0 Å². The summed E-state index contributed by atoms with van der Waals surface area (Å²) < 4.78 is 14.1. The molecule has 26 heavy (non-hydrogen) atoms. The minimum absolute atomic E-state index is 0.00921. The van der Waals surface area contributed by atoms with Crippen molar-refractivity contribution in [1.82, 2.24) is 10.2 Å². The zero-order chi connectivity index (χ0) is 18.7. The number of allylic oxidation sites excluding steroid dienone is 3. The summed E-state index contributed by atoms with van der Waals surface area (Å²) in [6, 6.07) is 8.97. The van der Waals surface area contributed by atoms with Gasteiger partial charge < -0.3 is 10.2 Å². The van der Waals surface area contributed by atoms with Gasteiger partial charge in [-0.3, -0.25) is 4.79 Å². The van der Waals surface area contributed by atoms with Crippen molar-refractivity contribution in [2.24, 2.45) is 4.99 Å². The number of halogens is 1. The Balaban J connectivity index is 1.76. The van der Waals surface area contributed by atoms with E-state index >= 15 is 0 Å². The second-order valence-corrected chi connectivity index (χ2v) is 6.25. The standard InChI is InChI=1S/C20H20FN3O2/c1-13(24(2)20(26)23-11-14-7-4-3-5-8-14)16-12-22-19(25)18-15(16)9-6-10-17(18)21/h3-9,12-13H,10-11H2,1-2H3,(H,23,26). The Hall–Kier alpha value is -3.02. The lowest BCUT2D eigenvalue weighted by molar-refractivity contribution is -0.114. The number of aliphatic imine (C=N–C) groups is 1. The minimum atomic E-state index is -0.575. The van der Waals surface area contributed by atoms with Crippen LogP contribution in [0.2, 0.25) is 0 Å². The van der Waals surface area contributed by atoms with Crippen LogP contribution in [-0.4, -0.2) is 36.1 Å². The third kappa shape index (κ3) is 3.49. The average Bonchev–Trinajstić information content (AvgIpc) is 2.66. The van der Waals surface area contributed by atoms with E-state index in [1.165, 1.54) is 11.1 Å². The molecule has 6 heteroatoms. The number of hydrogen-bond donors (Lipinski definition) is 1. The van der Waals surface area contributed by atoms with E-state index in [4.69, 9.17) is 0 Å². The number of nitrogens with zero attached hydrogens (tertiary/aromatic N) is 2. The number of hydrogen-bond acceptors (Lipinski definition) is 2. The van der Waals surface area contributed by atoms with Crippen molar-refractivity contribution >= 4 is 18.2 Å². The molecular weight excluding hydrogens is 333 g/mol. The van der Waals surface area contributed by atoms with Crippen LogP contribution in [-0.2, 0) is 11.3 Å². The van der Waals surface area contributed by atoms with E-state index in [9.17, 15) is 14.0 Å². The molecule has 0 saturated carbocycles. The van der Waals surface area contributed by atoms with Crippen LogP contribution in [0, 0.1) is 0 Å². The largest absolute Gasteiger partial charge is 0.334 e. The summed E-state index contributed by atoms with van der Waals surface area (Å²) in [6.07, 6.45) is 4.91. The lowest BCUT2D eigenvalue weighted by atomic mass is 9.89. The van der Waals surface area contributed by atoms with E-state index in [2.05, 4.69) is 10.3 Å². The van der Waals surface area contributed by atoms with Gasteiger partial charge in [-0.25, -0.2) is 14.2 Å². The minimum Gasteiger partial charge on any atom is -0.334 e. The molecule has 1 N–H and O–H groups in total. The van der Waals surface area contributed by atoms with Gasteiger partial charge in [0.1, 0.15) is 5.83 Å². The predicted octanol–water partition coefficient (Wildman–Crippen LogP) is 3.31. The molecule has 0 bridgehead atoms.